The number of hydrogen-bond donors (Lipinski definition) is 2. The van der Waals surface area contributed by atoms with Crippen molar-refractivity contribution < 1.29 is 19.0 Å². The van der Waals surface area contributed by atoms with Gasteiger partial charge in [-0.15, -0.1) is 0 Å². The van der Waals surface area contributed by atoms with Gasteiger partial charge in [-0.2, -0.15) is 0 Å². The molecule has 0 saturated carbocycles. The zero-order chi connectivity index (χ0) is 15.8. The molecule has 2 unspecified atom stereocenters. The summed E-state index contributed by atoms with van der Waals surface area (Å²) in [7, 11) is 0. The van der Waals surface area contributed by atoms with Crippen LogP contribution in [-0.2, 0) is 4.74 Å². The van der Waals surface area contributed by atoms with Crippen molar-refractivity contribution in [3.05, 3.63) is 29.6 Å². The van der Waals surface area contributed by atoms with E-state index in [-0.39, 0.29) is 31.2 Å². The van der Waals surface area contributed by atoms with Crippen molar-refractivity contribution in [2.45, 2.75) is 45.9 Å². The van der Waals surface area contributed by atoms with Crippen LogP contribution in [0.25, 0.3) is 0 Å². The Morgan fingerprint density at radius 3 is 2.57 bits per heavy atom. The van der Waals surface area contributed by atoms with Gasteiger partial charge >= 0.3 is 0 Å². The molecule has 1 aromatic rings. The maximum atomic E-state index is 13.4. The first kappa shape index (κ1) is 17.9. The first-order chi connectivity index (χ1) is 9.93. The van der Waals surface area contributed by atoms with Crippen LogP contribution in [0.3, 0.4) is 0 Å². The highest BCUT2D eigenvalue weighted by molar-refractivity contribution is 5.36. The topological polar surface area (TPSA) is 50.7 Å². The van der Waals surface area contributed by atoms with Gasteiger partial charge in [0.15, 0.2) is 0 Å². The third kappa shape index (κ3) is 6.42. The quantitative estimate of drug-likeness (QED) is 0.736. The Morgan fingerprint density at radius 2 is 1.95 bits per heavy atom. The fourth-order valence-corrected chi connectivity index (χ4v) is 1.94. The lowest BCUT2D eigenvalue weighted by Crippen LogP contribution is -2.26. The Morgan fingerprint density at radius 1 is 1.24 bits per heavy atom. The predicted molar refractivity (Wildman–Crippen MR) is 81.1 cm³/mol. The van der Waals surface area contributed by atoms with E-state index in [2.05, 4.69) is 5.32 Å². The Labute approximate surface area is 126 Å². The lowest BCUT2D eigenvalue weighted by atomic mass is 10.1. The lowest BCUT2D eigenvalue weighted by Gasteiger charge is -2.19. The molecule has 0 saturated heterocycles. The molecule has 0 amide bonds. The standard InChI is InChI=1S/C16H26FNO3/c1-5-18-12(4)15-8-13(17)6-7-16(15)21-10-14(19)9-20-11(2)3/h6-8,11-12,14,18-19H,5,9-10H2,1-4H3. The molecule has 5 heteroatoms. The van der Waals surface area contributed by atoms with Gasteiger partial charge in [0.05, 0.1) is 12.7 Å². The van der Waals surface area contributed by atoms with Gasteiger partial charge in [-0.25, -0.2) is 4.39 Å². The number of aliphatic hydroxyl groups is 1. The minimum absolute atomic E-state index is 0.0234. The number of rotatable bonds is 9. The first-order valence-corrected chi connectivity index (χ1v) is 7.39. The lowest BCUT2D eigenvalue weighted by molar-refractivity contribution is -0.0124. The van der Waals surface area contributed by atoms with Crippen LogP contribution in [0.5, 0.6) is 5.75 Å². The molecule has 0 heterocycles. The average molecular weight is 299 g/mol. The second-order valence-electron chi connectivity index (χ2n) is 5.31. The maximum absolute atomic E-state index is 13.4. The van der Waals surface area contributed by atoms with Gasteiger partial charge in [0, 0.05) is 11.6 Å². The molecule has 0 aliphatic rings. The first-order valence-electron chi connectivity index (χ1n) is 7.39. The summed E-state index contributed by atoms with van der Waals surface area (Å²) < 4.78 is 24.3. The third-order valence-corrected chi connectivity index (χ3v) is 3.00. The summed E-state index contributed by atoms with van der Waals surface area (Å²) in [6, 6.07) is 4.38. The number of ether oxygens (including phenoxy) is 2. The number of halogens is 1. The third-order valence-electron chi connectivity index (χ3n) is 3.00. The summed E-state index contributed by atoms with van der Waals surface area (Å²) >= 11 is 0. The summed E-state index contributed by atoms with van der Waals surface area (Å²) in [5, 5.41) is 13.0. The van der Waals surface area contributed by atoms with Crippen LogP contribution >= 0.6 is 0 Å². The maximum Gasteiger partial charge on any atom is 0.124 e. The fraction of sp³-hybridized carbons (Fsp3) is 0.625. The van der Waals surface area contributed by atoms with E-state index in [0.717, 1.165) is 12.1 Å². The Balaban J connectivity index is 2.65. The summed E-state index contributed by atoms with van der Waals surface area (Å²) in [4.78, 5) is 0. The van der Waals surface area contributed by atoms with Crippen LogP contribution in [0.1, 0.15) is 39.3 Å². The molecule has 0 spiro atoms. The van der Waals surface area contributed by atoms with Crippen LogP contribution in [0.2, 0.25) is 0 Å². The predicted octanol–water partition coefficient (Wildman–Crippen LogP) is 2.66. The molecule has 0 aliphatic heterocycles. The molecule has 0 aromatic heterocycles. The van der Waals surface area contributed by atoms with Gasteiger partial charge < -0.3 is 19.9 Å². The molecule has 21 heavy (non-hydrogen) atoms. The minimum Gasteiger partial charge on any atom is -0.490 e. The second kappa shape index (κ2) is 8.97. The van der Waals surface area contributed by atoms with Crippen molar-refractivity contribution in [1.29, 1.82) is 0 Å². The van der Waals surface area contributed by atoms with E-state index in [1.807, 2.05) is 27.7 Å². The molecule has 120 valence electrons. The van der Waals surface area contributed by atoms with Gasteiger partial charge in [0.1, 0.15) is 24.3 Å². The highest BCUT2D eigenvalue weighted by atomic mass is 19.1. The largest absolute Gasteiger partial charge is 0.490 e. The van der Waals surface area contributed by atoms with Gasteiger partial charge in [-0.3, -0.25) is 0 Å². The Kier molecular flexibility index (Phi) is 7.64. The molecule has 2 N–H and O–H groups in total. The van der Waals surface area contributed by atoms with Crippen LogP contribution < -0.4 is 10.1 Å². The zero-order valence-electron chi connectivity index (χ0n) is 13.2. The molecular weight excluding hydrogens is 273 g/mol. The molecule has 0 aliphatic carbocycles. The summed E-state index contributed by atoms with van der Waals surface area (Å²) in [6.45, 7) is 8.86. The average Bonchev–Trinajstić information content (AvgIpc) is 2.43. The SMILES string of the molecule is CCNC(C)c1cc(F)ccc1OCC(O)COC(C)C. The number of aliphatic hydroxyl groups excluding tert-OH is 1. The molecule has 0 radical (unpaired) electrons. The van der Waals surface area contributed by atoms with Gasteiger partial charge in [-0.1, -0.05) is 6.92 Å². The van der Waals surface area contributed by atoms with Crippen molar-refractivity contribution >= 4 is 0 Å². The normalized spacial score (nSPS) is 14.2. The van der Waals surface area contributed by atoms with E-state index in [0.29, 0.717) is 5.75 Å². The molecule has 1 rings (SSSR count). The molecule has 0 bridgehead atoms. The van der Waals surface area contributed by atoms with E-state index < -0.39 is 6.10 Å². The molecule has 1 aromatic carbocycles. The summed E-state index contributed by atoms with van der Waals surface area (Å²) in [6.07, 6.45) is -0.644. The smallest absolute Gasteiger partial charge is 0.124 e. The van der Waals surface area contributed by atoms with Crippen LogP contribution in [-0.4, -0.2) is 37.1 Å². The number of nitrogens with one attached hydrogen (secondary N) is 1. The number of hydrogen-bond acceptors (Lipinski definition) is 4. The Bertz CT molecular complexity index is 426. The van der Waals surface area contributed by atoms with E-state index >= 15 is 0 Å². The second-order valence-corrected chi connectivity index (χ2v) is 5.31. The molecular formula is C16H26FNO3. The minimum atomic E-state index is -0.709. The number of benzene rings is 1. The van der Waals surface area contributed by atoms with Crippen molar-refractivity contribution in [2.75, 3.05) is 19.8 Å². The van der Waals surface area contributed by atoms with Crippen molar-refractivity contribution in [3.8, 4) is 5.75 Å². The molecule has 0 fully saturated rings. The monoisotopic (exact) mass is 299 g/mol. The fourth-order valence-electron chi connectivity index (χ4n) is 1.94. The summed E-state index contributed by atoms with van der Waals surface area (Å²) in [5.74, 6) is 0.277. The van der Waals surface area contributed by atoms with E-state index in [1.165, 1.54) is 12.1 Å². The van der Waals surface area contributed by atoms with Gasteiger partial charge in [0.25, 0.3) is 0 Å². The van der Waals surface area contributed by atoms with E-state index in [9.17, 15) is 9.50 Å². The van der Waals surface area contributed by atoms with Crippen molar-refractivity contribution in [1.82, 2.24) is 5.32 Å². The van der Waals surface area contributed by atoms with Gasteiger partial charge in [0.2, 0.25) is 0 Å². The van der Waals surface area contributed by atoms with E-state index in [1.54, 1.807) is 6.07 Å². The van der Waals surface area contributed by atoms with Crippen molar-refractivity contribution in [2.24, 2.45) is 0 Å². The van der Waals surface area contributed by atoms with Crippen molar-refractivity contribution in [3.63, 3.8) is 0 Å². The highest BCUT2D eigenvalue weighted by Gasteiger charge is 2.14. The van der Waals surface area contributed by atoms with Crippen LogP contribution in [0.4, 0.5) is 4.39 Å². The highest BCUT2D eigenvalue weighted by Crippen LogP contribution is 2.26. The Hall–Kier alpha value is -1.17. The van der Waals surface area contributed by atoms with Crippen LogP contribution in [0.15, 0.2) is 18.2 Å². The zero-order valence-corrected chi connectivity index (χ0v) is 13.2. The van der Waals surface area contributed by atoms with E-state index in [4.69, 9.17) is 9.47 Å². The molecule has 2 atom stereocenters. The van der Waals surface area contributed by atoms with Crippen LogP contribution in [0, 0.1) is 5.82 Å². The summed E-state index contributed by atoms with van der Waals surface area (Å²) in [5.41, 5.74) is 0.744. The van der Waals surface area contributed by atoms with Gasteiger partial charge in [-0.05, 0) is 45.5 Å². The molecule has 4 nitrogen and oxygen atoms in total.